The number of esters is 1. The maximum atomic E-state index is 11.5. The Balaban J connectivity index is 2.09. The zero-order valence-electron chi connectivity index (χ0n) is 8.27. The molecule has 0 bridgehead atoms. The van der Waals surface area contributed by atoms with Gasteiger partial charge in [-0.15, -0.1) is 0 Å². The average molecular weight is 209 g/mol. The molecule has 80 valence electrons. The Morgan fingerprint density at radius 3 is 3.33 bits per heavy atom. The zero-order valence-corrected chi connectivity index (χ0v) is 8.27. The summed E-state index contributed by atoms with van der Waals surface area (Å²) in [7, 11) is 1.33. The molecule has 0 fully saturated rings. The number of rotatable bonds is 2. The number of methoxy groups -OCH3 is 1. The van der Waals surface area contributed by atoms with Crippen molar-refractivity contribution in [3.63, 3.8) is 0 Å². The first kappa shape index (κ1) is 9.70. The molecular formula is C9H11N3O3. The second-order valence-electron chi connectivity index (χ2n) is 3.39. The summed E-state index contributed by atoms with van der Waals surface area (Å²) in [6, 6.07) is -0.447. The Morgan fingerprint density at radius 2 is 2.60 bits per heavy atom. The van der Waals surface area contributed by atoms with Crippen LogP contribution in [-0.2, 0) is 16.0 Å². The molecule has 6 nitrogen and oxygen atoms in total. The molecular weight excluding hydrogens is 198 g/mol. The van der Waals surface area contributed by atoms with Crippen molar-refractivity contribution in [2.24, 2.45) is 0 Å². The summed E-state index contributed by atoms with van der Waals surface area (Å²) in [6.45, 7) is 0. The van der Waals surface area contributed by atoms with Crippen LogP contribution in [0.15, 0.2) is 12.5 Å². The van der Waals surface area contributed by atoms with Crippen molar-refractivity contribution >= 4 is 12.0 Å². The Morgan fingerprint density at radius 1 is 1.80 bits per heavy atom. The van der Waals surface area contributed by atoms with E-state index in [1.165, 1.54) is 18.0 Å². The van der Waals surface area contributed by atoms with Crippen molar-refractivity contribution in [3.05, 3.63) is 18.2 Å². The van der Waals surface area contributed by atoms with E-state index in [1.807, 2.05) is 0 Å². The van der Waals surface area contributed by atoms with Gasteiger partial charge in [0.25, 0.3) is 0 Å². The Labute approximate surface area is 86.2 Å². The van der Waals surface area contributed by atoms with Gasteiger partial charge in [0.2, 0.25) is 0 Å². The van der Waals surface area contributed by atoms with Crippen LogP contribution in [0.25, 0.3) is 0 Å². The van der Waals surface area contributed by atoms with E-state index < -0.39 is 0 Å². The highest BCUT2D eigenvalue weighted by Crippen LogP contribution is 2.11. The lowest BCUT2D eigenvalue weighted by Gasteiger charge is -2.23. The molecule has 1 aromatic heterocycles. The molecule has 1 atom stereocenters. The van der Waals surface area contributed by atoms with Gasteiger partial charge in [-0.3, -0.25) is 9.36 Å². The molecule has 2 rings (SSSR count). The van der Waals surface area contributed by atoms with Gasteiger partial charge in [-0.2, -0.15) is 0 Å². The number of hydrogen-bond donors (Lipinski definition) is 1. The lowest BCUT2D eigenvalue weighted by Crippen LogP contribution is -2.45. The molecule has 1 N–H and O–H groups in total. The van der Waals surface area contributed by atoms with Gasteiger partial charge in [-0.1, -0.05) is 0 Å². The van der Waals surface area contributed by atoms with Crippen molar-refractivity contribution in [2.45, 2.75) is 18.9 Å². The lowest BCUT2D eigenvalue weighted by molar-refractivity contribution is -0.141. The standard InChI is InChI=1S/C9H11N3O3/c1-15-8(13)3-6-2-7-4-10-5-12(7)9(14)11-6/h4-6H,2-3H2,1H3,(H,11,14)/t6-/m0/s1. The van der Waals surface area contributed by atoms with Crippen LogP contribution in [0, 0.1) is 0 Å². The van der Waals surface area contributed by atoms with Crippen LogP contribution >= 0.6 is 0 Å². The monoisotopic (exact) mass is 209 g/mol. The Bertz CT molecular complexity index is 399. The molecule has 1 aliphatic rings. The summed E-state index contributed by atoms with van der Waals surface area (Å²) in [4.78, 5) is 26.4. The number of carbonyl (C=O) groups excluding carboxylic acids is 2. The molecule has 0 unspecified atom stereocenters. The molecule has 0 aromatic carbocycles. The summed E-state index contributed by atoms with van der Waals surface area (Å²) in [5.41, 5.74) is 0.813. The van der Waals surface area contributed by atoms with Crippen LogP contribution < -0.4 is 5.32 Å². The Hall–Kier alpha value is -1.85. The first-order chi connectivity index (χ1) is 7.20. The molecule has 0 spiro atoms. The van der Waals surface area contributed by atoms with E-state index in [0.29, 0.717) is 6.42 Å². The topological polar surface area (TPSA) is 73.2 Å². The molecule has 1 aliphatic heterocycles. The van der Waals surface area contributed by atoms with Crippen LogP contribution in [0.1, 0.15) is 12.1 Å². The minimum Gasteiger partial charge on any atom is -0.469 e. The van der Waals surface area contributed by atoms with E-state index in [1.54, 1.807) is 6.20 Å². The van der Waals surface area contributed by atoms with Gasteiger partial charge >= 0.3 is 12.0 Å². The maximum Gasteiger partial charge on any atom is 0.327 e. The molecule has 0 radical (unpaired) electrons. The fourth-order valence-corrected chi connectivity index (χ4v) is 1.61. The lowest BCUT2D eigenvalue weighted by atomic mass is 10.1. The van der Waals surface area contributed by atoms with Crippen LogP contribution in [0.2, 0.25) is 0 Å². The van der Waals surface area contributed by atoms with E-state index in [-0.39, 0.29) is 24.5 Å². The molecule has 0 aliphatic carbocycles. The van der Waals surface area contributed by atoms with Crippen molar-refractivity contribution in [2.75, 3.05) is 7.11 Å². The summed E-state index contributed by atoms with van der Waals surface area (Å²) in [5, 5.41) is 2.71. The second kappa shape index (κ2) is 3.72. The highest BCUT2D eigenvalue weighted by atomic mass is 16.5. The average Bonchev–Trinajstić information content (AvgIpc) is 2.66. The normalized spacial score (nSPS) is 19.3. The Kier molecular flexibility index (Phi) is 2.40. The minimum absolute atomic E-state index is 0.188. The fraction of sp³-hybridized carbons (Fsp3) is 0.444. The van der Waals surface area contributed by atoms with Gasteiger partial charge in [0.05, 0.1) is 13.5 Å². The number of nitrogens with one attached hydrogen (secondary N) is 1. The second-order valence-corrected chi connectivity index (χ2v) is 3.39. The molecule has 1 aromatic rings. The summed E-state index contributed by atoms with van der Waals surface area (Å²) >= 11 is 0. The summed E-state index contributed by atoms with van der Waals surface area (Å²) in [5.74, 6) is -0.326. The van der Waals surface area contributed by atoms with Gasteiger partial charge in [-0.05, 0) is 0 Å². The van der Waals surface area contributed by atoms with E-state index in [2.05, 4.69) is 15.0 Å². The van der Waals surface area contributed by atoms with Gasteiger partial charge in [0.15, 0.2) is 0 Å². The zero-order chi connectivity index (χ0) is 10.8. The van der Waals surface area contributed by atoms with Crippen LogP contribution in [0.4, 0.5) is 4.79 Å². The van der Waals surface area contributed by atoms with Gasteiger partial charge in [0, 0.05) is 24.4 Å². The molecule has 0 saturated heterocycles. The van der Waals surface area contributed by atoms with Crippen molar-refractivity contribution in [3.8, 4) is 0 Å². The van der Waals surface area contributed by atoms with Crippen LogP contribution in [0.3, 0.4) is 0 Å². The summed E-state index contributed by atoms with van der Waals surface area (Å²) < 4.78 is 5.98. The number of carbonyl (C=O) groups is 2. The van der Waals surface area contributed by atoms with E-state index >= 15 is 0 Å². The molecule has 15 heavy (non-hydrogen) atoms. The van der Waals surface area contributed by atoms with Crippen molar-refractivity contribution < 1.29 is 14.3 Å². The minimum atomic E-state index is -0.326. The number of aromatic nitrogens is 2. The number of hydrogen-bond acceptors (Lipinski definition) is 4. The number of imidazole rings is 1. The third kappa shape index (κ3) is 1.83. The van der Waals surface area contributed by atoms with Gasteiger partial charge < -0.3 is 10.1 Å². The SMILES string of the molecule is COC(=O)C[C@@H]1Cc2cncn2C(=O)N1. The number of nitrogens with zero attached hydrogens (tertiary/aromatic N) is 2. The van der Waals surface area contributed by atoms with Crippen LogP contribution in [0.5, 0.6) is 0 Å². The molecule has 6 heteroatoms. The fourth-order valence-electron chi connectivity index (χ4n) is 1.61. The van der Waals surface area contributed by atoms with Gasteiger partial charge in [-0.25, -0.2) is 9.78 Å². The predicted molar refractivity (Wildman–Crippen MR) is 50.3 cm³/mol. The largest absolute Gasteiger partial charge is 0.469 e. The molecule has 1 amide bonds. The van der Waals surface area contributed by atoms with E-state index in [4.69, 9.17) is 0 Å². The first-order valence-corrected chi connectivity index (χ1v) is 4.59. The number of ether oxygens (including phenoxy) is 1. The molecule has 0 saturated carbocycles. The van der Waals surface area contributed by atoms with Crippen molar-refractivity contribution in [1.82, 2.24) is 14.9 Å². The van der Waals surface area contributed by atoms with Crippen molar-refractivity contribution in [1.29, 1.82) is 0 Å². The quantitative estimate of drug-likeness (QED) is 0.692. The highest BCUT2D eigenvalue weighted by Gasteiger charge is 2.25. The number of amides is 1. The first-order valence-electron chi connectivity index (χ1n) is 4.59. The smallest absolute Gasteiger partial charge is 0.327 e. The predicted octanol–water partition coefficient (Wildman–Crippen LogP) is -0.0714. The number of fused-ring (bicyclic) bond motifs is 1. The van der Waals surface area contributed by atoms with E-state index in [9.17, 15) is 9.59 Å². The maximum absolute atomic E-state index is 11.5. The third-order valence-electron chi connectivity index (χ3n) is 2.36. The van der Waals surface area contributed by atoms with E-state index in [0.717, 1.165) is 5.69 Å². The summed E-state index contributed by atoms with van der Waals surface area (Å²) in [6.07, 6.45) is 3.87. The molecule has 2 heterocycles. The highest BCUT2D eigenvalue weighted by molar-refractivity contribution is 5.80. The van der Waals surface area contributed by atoms with Gasteiger partial charge in [0.1, 0.15) is 6.33 Å². The van der Waals surface area contributed by atoms with Crippen LogP contribution in [-0.4, -0.2) is 34.7 Å². The third-order valence-corrected chi connectivity index (χ3v) is 2.36.